The molecule has 2 rings (SSSR count). The Labute approximate surface area is 105 Å². The van der Waals surface area contributed by atoms with Crippen LogP contribution in [-0.4, -0.2) is 7.11 Å². The van der Waals surface area contributed by atoms with E-state index >= 15 is 0 Å². The second kappa shape index (κ2) is 5.36. The normalized spacial score (nSPS) is 12.6. The molecule has 0 saturated heterocycles. The number of rotatable bonds is 4. The molecular formula is C13H14ClNO2. The Morgan fingerprint density at radius 3 is 2.59 bits per heavy atom. The van der Waals surface area contributed by atoms with Crippen LogP contribution >= 0.6 is 11.6 Å². The van der Waals surface area contributed by atoms with Gasteiger partial charge in [0.2, 0.25) is 0 Å². The van der Waals surface area contributed by atoms with Gasteiger partial charge in [-0.05, 0) is 29.8 Å². The van der Waals surface area contributed by atoms with Crippen molar-refractivity contribution in [3.63, 3.8) is 0 Å². The summed E-state index contributed by atoms with van der Waals surface area (Å²) in [5.74, 6) is 1.49. The van der Waals surface area contributed by atoms with Crippen LogP contribution in [0, 0.1) is 0 Å². The number of furan rings is 1. The molecule has 1 heterocycles. The minimum absolute atomic E-state index is 0.280. The second-order valence-electron chi connectivity index (χ2n) is 3.77. The van der Waals surface area contributed by atoms with Crippen molar-refractivity contribution in [2.75, 3.05) is 7.11 Å². The van der Waals surface area contributed by atoms with Crippen molar-refractivity contribution >= 4 is 11.6 Å². The number of nitrogens with two attached hydrogens (primary N) is 1. The largest absolute Gasteiger partial charge is 0.462 e. The summed E-state index contributed by atoms with van der Waals surface area (Å²) in [5, 5.41) is 0.695. The van der Waals surface area contributed by atoms with Crippen LogP contribution in [0.5, 0.6) is 0 Å². The molecule has 2 aromatic rings. The van der Waals surface area contributed by atoms with E-state index in [2.05, 4.69) is 0 Å². The summed E-state index contributed by atoms with van der Waals surface area (Å²) in [4.78, 5) is 0. The third kappa shape index (κ3) is 2.88. The first-order valence-corrected chi connectivity index (χ1v) is 5.67. The molecule has 0 amide bonds. The number of halogens is 1. The van der Waals surface area contributed by atoms with Gasteiger partial charge < -0.3 is 14.9 Å². The Balaban J connectivity index is 2.18. The molecule has 0 spiro atoms. The van der Waals surface area contributed by atoms with Gasteiger partial charge in [-0.15, -0.1) is 0 Å². The van der Waals surface area contributed by atoms with Crippen LogP contribution in [0.3, 0.4) is 0 Å². The molecule has 0 fully saturated rings. The maximum atomic E-state index is 6.10. The Kier molecular flexibility index (Phi) is 3.84. The predicted molar refractivity (Wildman–Crippen MR) is 66.9 cm³/mol. The summed E-state index contributed by atoms with van der Waals surface area (Å²) >= 11 is 5.83. The molecule has 1 atom stereocenters. The average molecular weight is 252 g/mol. The van der Waals surface area contributed by atoms with E-state index in [1.165, 1.54) is 0 Å². The van der Waals surface area contributed by atoms with E-state index in [1.54, 1.807) is 7.11 Å². The van der Waals surface area contributed by atoms with Crippen molar-refractivity contribution in [3.05, 3.63) is 58.5 Å². The fraction of sp³-hybridized carbons (Fsp3) is 0.231. The number of benzene rings is 1. The van der Waals surface area contributed by atoms with E-state index in [0.717, 1.165) is 17.1 Å². The van der Waals surface area contributed by atoms with Crippen LogP contribution in [-0.2, 0) is 11.3 Å². The van der Waals surface area contributed by atoms with Crippen LogP contribution in [0.4, 0.5) is 0 Å². The lowest BCUT2D eigenvalue weighted by Crippen LogP contribution is -2.10. The zero-order chi connectivity index (χ0) is 12.3. The first-order chi connectivity index (χ1) is 8.20. The van der Waals surface area contributed by atoms with E-state index in [4.69, 9.17) is 26.5 Å². The Morgan fingerprint density at radius 1 is 1.24 bits per heavy atom. The van der Waals surface area contributed by atoms with Gasteiger partial charge in [-0.1, -0.05) is 23.7 Å². The van der Waals surface area contributed by atoms with Gasteiger partial charge in [0.05, 0.1) is 6.04 Å². The topological polar surface area (TPSA) is 48.4 Å². The van der Waals surface area contributed by atoms with Gasteiger partial charge in [0, 0.05) is 12.1 Å². The predicted octanol–water partition coefficient (Wildman–Crippen LogP) is 3.13. The van der Waals surface area contributed by atoms with Gasteiger partial charge in [0.1, 0.15) is 18.1 Å². The highest BCUT2D eigenvalue weighted by Gasteiger charge is 2.13. The molecule has 4 heteroatoms. The van der Waals surface area contributed by atoms with Crippen LogP contribution in [0.15, 0.2) is 40.8 Å². The Bertz CT molecular complexity index is 478. The Morgan fingerprint density at radius 2 is 1.94 bits per heavy atom. The third-order valence-corrected chi connectivity index (χ3v) is 2.76. The van der Waals surface area contributed by atoms with Crippen LogP contribution in [0.1, 0.15) is 23.1 Å². The first-order valence-electron chi connectivity index (χ1n) is 5.29. The van der Waals surface area contributed by atoms with Gasteiger partial charge >= 0.3 is 0 Å². The molecule has 0 aliphatic carbocycles. The van der Waals surface area contributed by atoms with Crippen molar-refractivity contribution in [3.8, 4) is 0 Å². The third-order valence-electron chi connectivity index (χ3n) is 2.50. The van der Waals surface area contributed by atoms with Gasteiger partial charge in [0.25, 0.3) is 0 Å². The summed E-state index contributed by atoms with van der Waals surface area (Å²) in [6.07, 6.45) is 0. The maximum absolute atomic E-state index is 6.10. The van der Waals surface area contributed by atoms with E-state index in [1.807, 2.05) is 36.4 Å². The summed E-state index contributed by atoms with van der Waals surface area (Å²) in [6, 6.07) is 10.9. The number of hydrogen-bond donors (Lipinski definition) is 1. The fourth-order valence-corrected chi connectivity index (χ4v) is 1.74. The molecule has 1 aromatic heterocycles. The van der Waals surface area contributed by atoms with Gasteiger partial charge in [-0.2, -0.15) is 0 Å². The Hall–Kier alpha value is -1.29. The molecule has 0 radical (unpaired) electrons. The van der Waals surface area contributed by atoms with Crippen LogP contribution < -0.4 is 5.73 Å². The zero-order valence-corrected chi connectivity index (χ0v) is 10.3. The molecule has 0 aliphatic rings. The molecule has 1 unspecified atom stereocenters. The zero-order valence-electron chi connectivity index (χ0n) is 9.52. The molecular weight excluding hydrogens is 238 g/mol. The van der Waals surface area contributed by atoms with E-state index in [-0.39, 0.29) is 6.04 Å². The lowest BCUT2D eigenvalue weighted by molar-refractivity contribution is 0.162. The quantitative estimate of drug-likeness (QED) is 0.908. The molecule has 0 bridgehead atoms. The fourth-order valence-electron chi connectivity index (χ4n) is 1.62. The minimum atomic E-state index is -0.280. The van der Waals surface area contributed by atoms with Gasteiger partial charge in [0.15, 0.2) is 0 Å². The number of methoxy groups -OCH3 is 1. The molecule has 3 nitrogen and oxygen atoms in total. The highest BCUT2D eigenvalue weighted by molar-refractivity contribution is 6.30. The summed E-state index contributed by atoms with van der Waals surface area (Å²) in [5.41, 5.74) is 7.06. The number of ether oxygens (including phenoxy) is 1. The maximum Gasteiger partial charge on any atom is 0.129 e. The van der Waals surface area contributed by atoms with E-state index in [0.29, 0.717) is 11.6 Å². The van der Waals surface area contributed by atoms with Crippen LogP contribution in [0.2, 0.25) is 5.02 Å². The monoisotopic (exact) mass is 251 g/mol. The van der Waals surface area contributed by atoms with E-state index < -0.39 is 0 Å². The summed E-state index contributed by atoms with van der Waals surface area (Å²) in [6.45, 7) is 0.452. The SMILES string of the molecule is COCc1ccc(C(N)c2ccc(Cl)cc2)o1. The molecule has 0 aliphatic heterocycles. The van der Waals surface area contributed by atoms with Crippen molar-refractivity contribution < 1.29 is 9.15 Å². The van der Waals surface area contributed by atoms with Crippen molar-refractivity contribution in [1.29, 1.82) is 0 Å². The molecule has 2 N–H and O–H groups in total. The lowest BCUT2D eigenvalue weighted by atomic mass is 10.1. The highest BCUT2D eigenvalue weighted by atomic mass is 35.5. The summed E-state index contributed by atoms with van der Waals surface area (Å²) < 4.78 is 10.6. The average Bonchev–Trinajstić information content (AvgIpc) is 2.78. The molecule has 1 aromatic carbocycles. The smallest absolute Gasteiger partial charge is 0.129 e. The van der Waals surface area contributed by atoms with Crippen molar-refractivity contribution in [2.45, 2.75) is 12.6 Å². The molecule has 17 heavy (non-hydrogen) atoms. The van der Waals surface area contributed by atoms with Gasteiger partial charge in [-0.3, -0.25) is 0 Å². The standard InChI is InChI=1S/C13H14ClNO2/c1-16-8-11-6-7-12(17-11)13(15)9-2-4-10(14)5-3-9/h2-7,13H,8,15H2,1H3. The second-order valence-corrected chi connectivity index (χ2v) is 4.20. The van der Waals surface area contributed by atoms with E-state index in [9.17, 15) is 0 Å². The van der Waals surface area contributed by atoms with Crippen molar-refractivity contribution in [2.24, 2.45) is 5.73 Å². The van der Waals surface area contributed by atoms with Crippen LogP contribution in [0.25, 0.3) is 0 Å². The van der Waals surface area contributed by atoms with Crippen molar-refractivity contribution in [1.82, 2.24) is 0 Å². The molecule has 90 valence electrons. The molecule has 0 saturated carbocycles. The summed E-state index contributed by atoms with van der Waals surface area (Å²) in [7, 11) is 1.63. The van der Waals surface area contributed by atoms with Gasteiger partial charge in [-0.25, -0.2) is 0 Å². The first kappa shape index (κ1) is 12.2. The lowest BCUT2D eigenvalue weighted by Gasteiger charge is -2.09. The highest BCUT2D eigenvalue weighted by Crippen LogP contribution is 2.23. The number of hydrogen-bond acceptors (Lipinski definition) is 3. The minimum Gasteiger partial charge on any atom is -0.462 e.